The van der Waals surface area contributed by atoms with Crippen LogP contribution in [-0.4, -0.2) is 34.5 Å². The molecular formula is C19H25NO3. The van der Waals surface area contributed by atoms with Gasteiger partial charge in [-0.15, -0.1) is 0 Å². The molecule has 1 atom stereocenters. The maximum Gasteiger partial charge on any atom is 0.305 e. The van der Waals surface area contributed by atoms with E-state index in [-0.39, 0.29) is 18.4 Å². The standard InChI is InChI=1S/C19H25NO3/c1-14-6-4-7-15(12-14)19(9-2-3-10-19)18(23)20-11-5-8-16(20)13-17(21)22/h4,6-7,12,16H,2-3,5,8-11,13H2,1H3,(H,21,22). The third-order valence-electron chi connectivity index (χ3n) is 5.49. The van der Waals surface area contributed by atoms with Crippen molar-refractivity contribution < 1.29 is 14.7 Å². The Balaban J connectivity index is 1.92. The quantitative estimate of drug-likeness (QED) is 0.927. The van der Waals surface area contributed by atoms with Gasteiger partial charge in [0.15, 0.2) is 0 Å². The predicted molar refractivity (Wildman–Crippen MR) is 88.3 cm³/mol. The number of aryl methyl sites for hydroxylation is 1. The topological polar surface area (TPSA) is 57.6 Å². The highest BCUT2D eigenvalue weighted by molar-refractivity contribution is 5.89. The second kappa shape index (κ2) is 6.34. The molecule has 124 valence electrons. The molecule has 1 aromatic rings. The van der Waals surface area contributed by atoms with Crippen molar-refractivity contribution in [2.24, 2.45) is 0 Å². The first kappa shape index (κ1) is 16.0. The van der Waals surface area contributed by atoms with E-state index in [9.17, 15) is 9.59 Å². The van der Waals surface area contributed by atoms with Crippen molar-refractivity contribution in [2.75, 3.05) is 6.54 Å². The lowest BCUT2D eigenvalue weighted by atomic mass is 9.77. The first-order chi connectivity index (χ1) is 11.0. The lowest BCUT2D eigenvalue weighted by molar-refractivity contribution is -0.142. The van der Waals surface area contributed by atoms with Crippen LogP contribution < -0.4 is 0 Å². The summed E-state index contributed by atoms with van der Waals surface area (Å²) >= 11 is 0. The largest absolute Gasteiger partial charge is 0.481 e. The van der Waals surface area contributed by atoms with Crippen LogP contribution in [-0.2, 0) is 15.0 Å². The van der Waals surface area contributed by atoms with Crippen molar-refractivity contribution in [3.8, 4) is 0 Å². The van der Waals surface area contributed by atoms with Gasteiger partial charge >= 0.3 is 5.97 Å². The van der Waals surface area contributed by atoms with Crippen molar-refractivity contribution in [1.29, 1.82) is 0 Å². The van der Waals surface area contributed by atoms with Gasteiger partial charge in [-0.2, -0.15) is 0 Å². The Morgan fingerprint density at radius 3 is 2.65 bits per heavy atom. The number of hydrogen-bond acceptors (Lipinski definition) is 2. The van der Waals surface area contributed by atoms with Crippen LogP contribution in [0.4, 0.5) is 0 Å². The van der Waals surface area contributed by atoms with Gasteiger partial charge in [-0.05, 0) is 38.2 Å². The number of amides is 1. The van der Waals surface area contributed by atoms with Crippen molar-refractivity contribution in [3.05, 3.63) is 35.4 Å². The highest BCUT2D eigenvalue weighted by Crippen LogP contribution is 2.44. The summed E-state index contributed by atoms with van der Waals surface area (Å²) in [6.07, 6.45) is 5.68. The van der Waals surface area contributed by atoms with E-state index in [0.717, 1.165) is 44.1 Å². The number of rotatable bonds is 4. The van der Waals surface area contributed by atoms with E-state index in [2.05, 4.69) is 25.1 Å². The number of nitrogens with zero attached hydrogens (tertiary/aromatic N) is 1. The monoisotopic (exact) mass is 315 g/mol. The van der Waals surface area contributed by atoms with Crippen LogP contribution in [0.25, 0.3) is 0 Å². The van der Waals surface area contributed by atoms with E-state index in [1.54, 1.807) is 0 Å². The Kier molecular flexibility index (Phi) is 4.42. The Morgan fingerprint density at radius 2 is 2.00 bits per heavy atom. The molecule has 1 saturated carbocycles. The van der Waals surface area contributed by atoms with Crippen LogP contribution in [0.2, 0.25) is 0 Å². The third-order valence-corrected chi connectivity index (χ3v) is 5.49. The maximum absolute atomic E-state index is 13.4. The van der Waals surface area contributed by atoms with Gasteiger partial charge < -0.3 is 10.0 Å². The average molecular weight is 315 g/mol. The van der Waals surface area contributed by atoms with E-state index in [0.29, 0.717) is 6.54 Å². The van der Waals surface area contributed by atoms with Gasteiger partial charge in [-0.25, -0.2) is 0 Å². The first-order valence-corrected chi connectivity index (χ1v) is 8.63. The van der Waals surface area contributed by atoms with E-state index in [4.69, 9.17) is 5.11 Å². The summed E-state index contributed by atoms with van der Waals surface area (Å²) in [4.78, 5) is 26.4. The number of aliphatic carboxylic acids is 1. The fraction of sp³-hybridized carbons (Fsp3) is 0.579. The minimum absolute atomic E-state index is 0.0651. The van der Waals surface area contributed by atoms with Crippen LogP contribution in [0.5, 0.6) is 0 Å². The number of carbonyl (C=O) groups is 2. The lowest BCUT2D eigenvalue weighted by Gasteiger charge is -2.35. The summed E-state index contributed by atoms with van der Waals surface area (Å²) in [6.45, 7) is 2.75. The molecule has 0 aromatic heterocycles. The van der Waals surface area contributed by atoms with E-state index < -0.39 is 11.4 Å². The highest BCUT2D eigenvalue weighted by atomic mass is 16.4. The van der Waals surface area contributed by atoms with E-state index in [1.165, 1.54) is 5.56 Å². The second-order valence-corrected chi connectivity index (χ2v) is 7.05. The Morgan fingerprint density at radius 1 is 1.26 bits per heavy atom. The Hall–Kier alpha value is -1.84. The molecule has 1 unspecified atom stereocenters. The number of carboxylic acids is 1. The first-order valence-electron chi connectivity index (χ1n) is 8.63. The van der Waals surface area contributed by atoms with Gasteiger partial charge in [-0.3, -0.25) is 9.59 Å². The molecule has 2 fully saturated rings. The molecule has 0 radical (unpaired) electrons. The normalized spacial score (nSPS) is 23.2. The molecule has 3 rings (SSSR count). The Labute approximate surface area is 137 Å². The molecule has 0 spiro atoms. The minimum atomic E-state index is -0.814. The summed E-state index contributed by atoms with van der Waals surface area (Å²) in [7, 11) is 0. The van der Waals surface area contributed by atoms with Crippen LogP contribution >= 0.6 is 0 Å². The molecule has 2 aliphatic rings. The van der Waals surface area contributed by atoms with Gasteiger partial charge in [0.25, 0.3) is 0 Å². The molecule has 1 aliphatic heterocycles. The summed E-state index contributed by atoms with van der Waals surface area (Å²) in [5, 5.41) is 9.12. The average Bonchev–Trinajstić information content (AvgIpc) is 3.15. The molecule has 1 aromatic carbocycles. The van der Waals surface area contributed by atoms with Gasteiger partial charge in [0.05, 0.1) is 11.8 Å². The zero-order valence-corrected chi connectivity index (χ0v) is 13.8. The van der Waals surface area contributed by atoms with Crippen molar-refractivity contribution in [2.45, 2.75) is 63.3 Å². The van der Waals surface area contributed by atoms with E-state index in [1.807, 2.05) is 11.0 Å². The zero-order chi connectivity index (χ0) is 16.4. The summed E-state index contributed by atoms with van der Waals surface area (Å²) in [6, 6.07) is 8.14. The number of hydrogen-bond donors (Lipinski definition) is 1. The number of benzene rings is 1. The smallest absolute Gasteiger partial charge is 0.305 e. The third kappa shape index (κ3) is 2.99. The molecule has 23 heavy (non-hydrogen) atoms. The summed E-state index contributed by atoms with van der Waals surface area (Å²) < 4.78 is 0. The van der Waals surface area contributed by atoms with Crippen molar-refractivity contribution in [1.82, 2.24) is 4.90 Å². The molecule has 1 N–H and O–H groups in total. The molecule has 0 bridgehead atoms. The molecule has 1 saturated heterocycles. The van der Waals surface area contributed by atoms with Crippen molar-refractivity contribution in [3.63, 3.8) is 0 Å². The van der Waals surface area contributed by atoms with Crippen LogP contribution in [0, 0.1) is 6.92 Å². The summed E-state index contributed by atoms with van der Waals surface area (Å²) in [5.74, 6) is -0.657. The number of likely N-dealkylation sites (tertiary alicyclic amines) is 1. The highest BCUT2D eigenvalue weighted by Gasteiger charge is 2.47. The fourth-order valence-corrected chi connectivity index (χ4v) is 4.34. The lowest BCUT2D eigenvalue weighted by Crippen LogP contribution is -2.48. The van der Waals surface area contributed by atoms with Gasteiger partial charge in [-0.1, -0.05) is 42.7 Å². The molecular weight excluding hydrogens is 290 g/mol. The van der Waals surface area contributed by atoms with E-state index >= 15 is 0 Å². The molecule has 4 heteroatoms. The fourth-order valence-electron chi connectivity index (χ4n) is 4.34. The van der Waals surface area contributed by atoms with Gasteiger partial charge in [0.1, 0.15) is 0 Å². The molecule has 1 aliphatic carbocycles. The number of carbonyl (C=O) groups excluding carboxylic acids is 1. The summed E-state index contributed by atoms with van der Waals surface area (Å²) in [5.41, 5.74) is 1.85. The molecule has 4 nitrogen and oxygen atoms in total. The minimum Gasteiger partial charge on any atom is -0.481 e. The Bertz CT molecular complexity index is 604. The maximum atomic E-state index is 13.4. The van der Waals surface area contributed by atoms with Gasteiger partial charge in [0.2, 0.25) is 5.91 Å². The van der Waals surface area contributed by atoms with Crippen LogP contribution in [0.1, 0.15) is 56.1 Å². The van der Waals surface area contributed by atoms with Crippen molar-refractivity contribution >= 4 is 11.9 Å². The van der Waals surface area contributed by atoms with Crippen LogP contribution in [0.3, 0.4) is 0 Å². The molecule has 1 amide bonds. The van der Waals surface area contributed by atoms with Crippen LogP contribution in [0.15, 0.2) is 24.3 Å². The predicted octanol–water partition coefficient (Wildman–Crippen LogP) is 3.27. The SMILES string of the molecule is Cc1cccc(C2(C(=O)N3CCCC3CC(=O)O)CCCC2)c1. The zero-order valence-electron chi connectivity index (χ0n) is 13.8. The molecule has 1 heterocycles. The second-order valence-electron chi connectivity index (χ2n) is 7.05. The number of carboxylic acid groups (broad SMARTS) is 1. The van der Waals surface area contributed by atoms with Gasteiger partial charge in [0, 0.05) is 12.6 Å².